The Morgan fingerprint density at radius 1 is 1.33 bits per heavy atom. The van der Waals surface area contributed by atoms with Crippen LogP contribution < -0.4 is 4.74 Å². The molecule has 0 saturated carbocycles. The number of hydrogen-bond donors (Lipinski definition) is 1. The molecule has 0 aliphatic heterocycles. The molecule has 0 amide bonds. The van der Waals surface area contributed by atoms with E-state index in [1.807, 2.05) is 31.3 Å². The van der Waals surface area contributed by atoms with Crippen molar-refractivity contribution in [2.75, 3.05) is 19.0 Å². The normalized spacial score (nSPS) is 10.0. The Labute approximate surface area is 128 Å². The molecule has 110 valence electrons. The highest BCUT2D eigenvalue weighted by molar-refractivity contribution is 7.99. The van der Waals surface area contributed by atoms with Crippen molar-refractivity contribution in [1.82, 2.24) is 14.8 Å². The summed E-state index contributed by atoms with van der Waals surface area (Å²) in [5, 5.41) is 13.6. The summed E-state index contributed by atoms with van der Waals surface area (Å²) in [5.74, 6) is 7.49. The number of aliphatic hydroxyl groups is 1. The number of hydrogen-bond acceptors (Lipinski definition) is 5. The first-order valence-corrected chi connectivity index (χ1v) is 7.57. The lowest BCUT2D eigenvalue weighted by Gasteiger charge is -2.05. The second-order valence-electron chi connectivity index (χ2n) is 4.16. The van der Waals surface area contributed by atoms with E-state index in [-0.39, 0.29) is 6.61 Å². The average Bonchev–Trinajstić information content (AvgIpc) is 2.91. The number of thioether (sulfide) groups is 1. The van der Waals surface area contributed by atoms with Crippen molar-refractivity contribution in [3.8, 4) is 17.6 Å². The van der Waals surface area contributed by atoms with Crippen LogP contribution in [0, 0.1) is 11.8 Å². The van der Waals surface area contributed by atoms with E-state index >= 15 is 0 Å². The topological polar surface area (TPSA) is 60.2 Å². The van der Waals surface area contributed by atoms with Gasteiger partial charge in [-0.15, -0.1) is 0 Å². The molecule has 0 bridgehead atoms. The van der Waals surface area contributed by atoms with Gasteiger partial charge in [0.25, 0.3) is 0 Å². The number of ether oxygens (including phenoxy) is 1. The Hall–Kier alpha value is -1.97. The molecular formula is C15H17N3O2S. The summed E-state index contributed by atoms with van der Waals surface area (Å²) in [6.45, 7) is 0.699. The molecule has 0 radical (unpaired) electrons. The van der Waals surface area contributed by atoms with Crippen molar-refractivity contribution in [3.05, 3.63) is 36.2 Å². The Bertz CT molecular complexity index is 614. The van der Waals surface area contributed by atoms with Crippen LogP contribution in [-0.4, -0.2) is 38.8 Å². The van der Waals surface area contributed by atoms with Crippen molar-refractivity contribution in [2.45, 2.75) is 11.6 Å². The first-order valence-electron chi connectivity index (χ1n) is 6.59. The fourth-order valence-corrected chi connectivity index (χ4v) is 2.27. The summed E-state index contributed by atoms with van der Waals surface area (Å²) in [7, 11) is 1.87. The molecule has 1 aromatic heterocycles. The second-order valence-corrected chi connectivity index (χ2v) is 5.22. The van der Waals surface area contributed by atoms with Crippen LogP contribution in [0.25, 0.3) is 0 Å². The Morgan fingerprint density at radius 3 is 2.81 bits per heavy atom. The average molecular weight is 303 g/mol. The van der Waals surface area contributed by atoms with E-state index in [1.165, 1.54) is 0 Å². The highest BCUT2D eigenvalue weighted by Gasteiger charge is 2.01. The molecule has 6 heteroatoms. The Kier molecular flexibility index (Phi) is 6.13. The summed E-state index contributed by atoms with van der Waals surface area (Å²) >= 11 is 1.61. The Balaban J connectivity index is 1.74. The van der Waals surface area contributed by atoms with E-state index < -0.39 is 0 Å². The number of nitrogens with zero attached hydrogens (tertiary/aromatic N) is 3. The SMILES string of the molecule is Cn1ncnc1SCCOc1ccc(C#CCCO)cc1. The molecule has 0 fully saturated rings. The quantitative estimate of drug-likeness (QED) is 0.500. The standard InChI is InChI=1S/C15H17N3O2S/c1-18-15(16-12-17-18)21-11-10-20-14-7-5-13(6-8-14)4-2-3-9-19/h5-8,12,19H,3,9-11H2,1H3. The predicted octanol–water partition coefficient (Wildman–Crippen LogP) is 1.72. The van der Waals surface area contributed by atoms with Gasteiger partial charge in [0.2, 0.25) is 0 Å². The lowest BCUT2D eigenvalue weighted by atomic mass is 10.2. The summed E-state index contributed by atoms with van der Waals surface area (Å²) in [6, 6.07) is 7.62. The minimum atomic E-state index is 0.0946. The number of benzene rings is 1. The van der Waals surface area contributed by atoms with Gasteiger partial charge >= 0.3 is 0 Å². The van der Waals surface area contributed by atoms with E-state index in [2.05, 4.69) is 21.9 Å². The fourth-order valence-electron chi connectivity index (χ4n) is 1.56. The van der Waals surface area contributed by atoms with Crippen LogP contribution in [0.1, 0.15) is 12.0 Å². The zero-order chi connectivity index (χ0) is 14.9. The van der Waals surface area contributed by atoms with Gasteiger partial charge in [-0.25, -0.2) is 9.67 Å². The summed E-state index contributed by atoms with van der Waals surface area (Å²) < 4.78 is 7.40. The maximum atomic E-state index is 8.66. The van der Waals surface area contributed by atoms with Crippen molar-refractivity contribution in [2.24, 2.45) is 7.05 Å². The van der Waals surface area contributed by atoms with Crippen LogP contribution >= 0.6 is 11.8 Å². The lowest BCUT2D eigenvalue weighted by Crippen LogP contribution is -2.02. The molecule has 0 spiro atoms. The summed E-state index contributed by atoms with van der Waals surface area (Å²) in [5.41, 5.74) is 0.921. The van der Waals surface area contributed by atoms with E-state index in [4.69, 9.17) is 9.84 Å². The molecule has 0 aliphatic rings. The third kappa shape index (κ3) is 5.14. The van der Waals surface area contributed by atoms with E-state index in [9.17, 15) is 0 Å². The molecule has 0 atom stereocenters. The molecule has 5 nitrogen and oxygen atoms in total. The second kappa shape index (κ2) is 8.35. The fraction of sp³-hybridized carbons (Fsp3) is 0.333. The third-order valence-electron chi connectivity index (χ3n) is 2.58. The molecule has 1 aromatic carbocycles. The van der Waals surface area contributed by atoms with Gasteiger partial charge in [0.1, 0.15) is 12.1 Å². The van der Waals surface area contributed by atoms with E-state index in [0.29, 0.717) is 13.0 Å². The first kappa shape index (κ1) is 15.4. The minimum Gasteiger partial charge on any atom is -0.493 e. The number of aryl methyl sites for hydroxylation is 1. The van der Waals surface area contributed by atoms with Crippen molar-refractivity contribution in [3.63, 3.8) is 0 Å². The highest BCUT2D eigenvalue weighted by Crippen LogP contribution is 2.15. The first-order chi connectivity index (χ1) is 10.3. The lowest BCUT2D eigenvalue weighted by molar-refractivity contribution is 0.305. The minimum absolute atomic E-state index is 0.0946. The predicted molar refractivity (Wildman–Crippen MR) is 82.2 cm³/mol. The number of aliphatic hydroxyl groups excluding tert-OH is 1. The van der Waals surface area contributed by atoms with Gasteiger partial charge in [-0.05, 0) is 24.3 Å². The van der Waals surface area contributed by atoms with E-state index in [0.717, 1.165) is 22.2 Å². The maximum absolute atomic E-state index is 8.66. The van der Waals surface area contributed by atoms with Crippen LogP contribution in [0.3, 0.4) is 0 Å². The molecule has 0 aliphatic carbocycles. The third-order valence-corrected chi connectivity index (χ3v) is 3.58. The van der Waals surface area contributed by atoms with Gasteiger partial charge in [-0.1, -0.05) is 23.6 Å². The van der Waals surface area contributed by atoms with Crippen molar-refractivity contribution < 1.29 is 9.84 Å². The number of aromatic nitrogens is 3. The maximum Gasteiger partial charge on any atom is 0.185 e. The summed E-state index contributed by atoms with van der Waals surface area (Å²) in [4.78, 5) is 4.13. The molecule has 21 heavy (non-hydrogen) atoms. The molecule has 0 unspecified atom stereocenters. The van der Waals surface area contributed by atoms with Crippen LogP contribution in [0.5, 0.6) is 5.75 Å². The van der Waals surface area contributed by atoms with Crippen LogP contribution in [-0.2, 0) is 7.05 Å². The molecule has 1 heterocycles. The highest BCUT2D eigenvalue weighted by atomic mass is 32.2. The molecular weight excluding hydrogens is 286 g/mol. The largest absolute Gasteiger partial charge is 0.493 e. The zero-order valence-corrected chi connectivity index (χ0v) is 12.6. The van der Waals surface area contributed by atoms with Crippen LogP contribution in [0.2, 0.25) is 0 Å². The van der Waals surface area contributed by atoms with Crippen LogP contribution in [0.15, 0.2) is 35.7 Å². The van der Waals surface area contributed by atoms with Crippen LogP contribution in [0.4, 0.5) is 0 Å². The van der Waals surface area contributed by atoms with Gasteiger partial charge in [-0.3, -0.25) is 0 Å². The Morgan fingerprint density at radius 2 is 2.14 bits per heavy atom. The number of rotatable bonds is 6. The summed E-state index contributed by atoms with van der Waals surface area (Å²) in [6.07, 6.45) is 2.04. The van der Waals surface area contributed by atoms with Gasteiger partial charge < -0.3 is 9.84 Å². The monoisotopic (exact) mass is 303 g/mol. The molecule has 2 rings (SSSR count). The molecule has 0 saturated heterocycles. The smallest absolute Gasteiger partial charge is 0.185 e. The van der Waals surface area contributed by atoms with Crippen molar-refractivity contribution in [1.29, 1.82) is 0 Å². The van der Waals surface area contributed by atoms with Crippen molar-refractivity contribution >= 4 is 11.8 Å². The zero-order valence-electron chi connectivity index (χ0n) is 11.8. The van der Waals surface area contributed by atoms with Gasteiger partial charge in [-0.2, -0.15) is 5.10 Å². The van der Waals surface area contributed by atoms with Gasteiger partial charge in [0, 0.05) is 24.8 Å². The van der Waals surface area contributed by atoms with Gasteiger partial charge in [0.15, 0.2) is 5.16 Å². The molecule has 1 N–H and O–H groups in total. The van der Waals surface area contributed by atoms with E-state index in [1.54, 1.807) is 22.8 Å². The molecule has 2 aromatic rings. The van der Waals surface area contributed by atoms with Gasteiger partial charge in [0.05, 0.1) is 13.2 Å².